The van der Waals surface area contributed by atoms with Crippen LogP contribution in [0.15, 0.2) is 60.7 Å². The minimum absolute atomic E-state index is 0.827. The molecule has 0 aromatic heterocycles. The van der Waals surface area contributed by atoms with Crippen LogP contribution in [0.2, 0.25) is 0 Å². The normalized spacial score (nSPS) is 11.3. The first kappa shape index (κ1) is 10.6. The Balaban J connectivity index is 2.50. The van der Waals surface area contributed by atoms with E-state index >= 15 is 0 Å². The van der Waals surface area contributed by atoms with E-state index in [9.17, 15) is 4.89 Å². The molecule has 15 heavy (non-hydrogen) atoms. The summed E-state index contributed by atoms with van der Waals surface area (Å²) in [6.45, 7) is -2.59. The van der Waals surface area contributed by atoms with Gasteiger partial charge in [-0.1, -0.05) is 60.7 Å². The van der Waals surface area contributed by atoms with E-state index in [1.807, 2.05) is 60.7 Å². The predicted molar refractivity (Wildman–Crippen MR) is 67.4 cm³/mol. The zero-order valence-corrected chi connectivity index (χ0v) is 10.0. The summed E-state index contributed by atoms with van der Waals surface area (Å²) in [5, 5.41) is 1.65. The number of benzene rings is 2. The maximum absolute atomic E-state index is 12.5. The third kappa shape index (κ3) is 2.21. The van der Waals surface area contributed by atoms with Gasteiger partial charge < -0.3 is 4.89 Å². The molecular weight excluding hydrogens is 222 g/mol. The molecule has 76 valence electrons. The van der Waals surface area contributed by atoms with Crippen LogP contribution in [0, 0.1) is 0 Å². The fourth-order valence-electron chi connectivity index (χ4n) is 1.42. The quantitative estimate of drug-likeness (QED) is 0.727. The Morgan fingerprint density at radius 1 is 0.733 bits per heavy atom. The summed E-state index contributed by atoms with van der Waals surface area (Å²) in [6, 6.07) is 18.9. The van der Waals surface area contributed by atoms with Crippen molar-refractivity contribution >= 4 is 25.9 Å². The summed E-state index contributed by atoms with van der Waals surface area (Å²) in [5.74, 6) is 0. The summed E-state index contributed by atoms with van der Waals surface area (Å²) in [4.78, 5) is 12.5. The average molecular weight is 233 g/mol. The first-order valence-corrected chi connectivity index (χ1v) is 7.72. The van der Waals surface area contributed by atoms with Gasteiger partial charge in [0.2, 0.25) is 0 Å². The third-order valence-corrected chi connectivity index (χ3v) is 5.84. The third-order valence-electron chi connectivity index (χ3n) is 2.24. The summed E-state index contributed by atoms with van der Waals surface area (Å²) in [6.07, 6.45) is 0. The number of hydrogen-bond acceptors (Lipinski definition) is 1. The highest BCUT2D eigenvalue weighted by atomic mass is 31.8. The first-order chi connectivity index (χ1) is 7.21. The molecule has 0 unspecified atom stereocenters. The van der Waals surface area contributed by atoms with Crippen LogP contribution in [0.3, 0.4) is 0 Å². The van der Waals surface area contributed by atoms with Crippen LogP contribution in [0.25, 0.3) is 0 Å². The van der Waals surface area contributed by atoms with E-state index in [0.717, 1.165) is 10.6 Å². The van der Waals surface area contributed by atoms with Crippen molar-refractivity contribution in [3.8, 4) is 0 Å². The van der Waals surface area contributed by atoms with E-state index in [4.69, 9.17) is 0 Å². The molecule has 3 heteroatoms. The van der Waals surface area contributed by atoms with Gasteiger partial charge in [0.05, 0.1) is 0 Å². The van der Waals surface area contributed by atoms with Crippen LogP contribution in [0.5, 0.6) is 0 Å². The van der Waals surface area contributed by atoms with Gasteiger partial charge in [0.1, 0.15) is 0 Å². The monoisotopic (exact) mass is 233 g/mol. The molecule has 0 heterocycles. The fraction of sp³-hybridized carbons (Fsp3) is 0. The minimum Gasteiger partial charge on any atom is -0.819 e. The maximum Gasteiger partial charge on any atom is -0.0311 e. The Bertz CT molecular complexity index is 436. The lowest BCUT2D eigenvalue weighted by atomic mass is 10.4. The molecule has 0 fully saturated rings. The van der Waals surface area contributed by atoms with Gasteiger partial charge in [0, 0.05) is 0 Å². The summed E-state index contributed by atoms with van der Waals surface area (Å²) in [5.41, 5.74) is 0. The molecule has 0 aliphatic rings. The zero-order valence-electron chi connectivity index (χ0n) is 8.13. The highest BCUT2D eigenvalue weighted by Gasteiger charge is 2.05. The Labute approximate surface area is 91.9 Å². The van der Waals surface area contributed by atoms with Gasteiger partial charge in [-0.25, -0.2) is 0 Å². The van der Waals surface area contributed by atoms with Crippen molar-refractivity contribution in [2.75, 3.05) is 0 Å². The van der Waals surface area contributed by atoms with Crippen LogP contribution in [-0.2, 0) is 0 Å². The summed E-state index contributed by atoms with van der Waals surface area (Å²) >= 11 is 0. The van der Waals surface area contributed by atoms with E-state index in [2.05, 4.69) is 8.53 Å². The van der Waals surface area contributed by atoms with Gasteiger partial charge in [-0.15, -0.1) is 15.3 Å². The van der Waals surface area contributed by atoms with Crippen molar-refractivity contribution in [2.45, 2.75) is 0 Å². The SMILES string of the molecule is [O-]P(=P)(c1ccccc1)c1ccccc1. The molecule has 0 saturated carbocycles. The Hall–Kier alpha value is -0.870. The molecule has 0 aliphatic carbocycles. The lowest BCUT2D eigenvalue weighted by Gasteiger charge is -2.30. The minimum atomic E-state index is -2.59. The van der Waals surface area contributed by atoms with Crippen molar-refractivity contribution in [1.29, 1.82) is 0 Å². The molecule has 0 radical (unpaired) electrons. The largest absolute Gasteiger partial charge is 0.819 e. The summed E-state index contributed by atoms with van der Waals surface area (Å²) in [7, 11) is 3.41. The molecule has 0 saturated heterocycles. The first-order valence-electron chi connectivity index (χ1n) is 4.67. The second-order valence-corrected chi connectivity index (χ2v) is 7.42. The molecule has 2 aromatic carbocycles. The van der Waals surface area contributed by atoms with Crippen molar-refractivity contribution < 1.29 is 4.89 Å². The molecule has 0 amide bonds. The van der Waals surface area contributed by atoms with Crippen molar-refractivity contribution in [1.82, 2.24) is 0 Å². The van der Waals surface area contributed by atoms with E-state index in [-0.39, 0.29) is 0 Å². The van der Waals surface area contributed by atoms with Gasteiger partial charge in [0.15, 0.2) is 0 Å². The Morgan fingerprint density at radius 2 is 1.07 bits per heavy atom. The molecule has 0 N–H and O–H groups in total. The summed E-state index contributed by atoms with van der Waals surface area (Å²) < 4.78 is 0. The van der Waals surface area contributed by atoms with Crippen LogP contribution in [-0.4, -0.2) is 0 Å². The standard InChI is InChI=1S/C12H11OP2/c13-15(14,11-7-3-1-4-8-11)12-9-5-2-6-10-12/h1-10,14H/q-1. The molecule has 0 bridgehead atoms. The number of hydrogen-bond donors (Lipinski definition) is 0. The van der Waals surface area contributed by atoms with E-state index < -0.39 is 6.78 Å². The second kappa shape index (κ2) is 4.33. The molecule has 0 aliphatic heterocycles. The zero-order chi connectivity index (χ0) is 10.7. The fourth-order valence-corrected chi connectivity index (χ4v) is 3.80. The van der Waals surface area contributed by atoms with Crippen LogP contribution < -0.4 is 15.5 Å². The van der Waals surface area contributed by atoms with Crippen molar-refractivity contribution in [2.24, 2.45) is 0 Å². The second-order valence-electron chi connectivity index (χ2n) is 3.28. The van der Waals surface area contributed by atoms with E-state index in [1.54, 1.807) is 0 Å². The van der Waals surface area contributed by atoms with Crippen molar-refractivity contribution in [3.05, 3.63) is 60.7 Å². The molecule has 2 rings (SSSR count). The van der Waals surface area contributed by atoms with Gasteiger partial charge in [0.25, 0.3) is 0 Å². The Kier molecular flexibility index (Phi) is 3.07. The average Bonchev–Trinajstić information content (AvgIpc) is 2.31. The van der Waals surface area contributed by atoms with Crippen molar-refractivity contribution in [3.63, 3.8) is 0 Å². The van der Waals surface area contributed by atoms with Crippen LogP contribution in [0.4, 0.5) is 0 Å². The highest BCUT2D eigenvalue weighted by molar-refractivity contribution is 8.04. The molecule has 1 nitrogen and oxygen atoms in total. The van der Waals surface area contributed by atoms with E-state index in [0.29, 0.717) is 0 Å². The maximum atomic E-state index is 12.5. The number of rotatable bonds is 2. The molecular formula is C12H11OP2-. The van der Waals surface area contributed by atoms with Gasteiger partial charge in [-0.3, -0.25) is 0 Å². The topological polar surface area (TPSA) is 23.1 Å². The van der Waals surface area contributed by atoms with E-state index in [1.165, 1.54) is 0 Å². The van der Waals surface area contributed by atoms with Crippen LogP contribution in [0.1, 0.15) is 0 Å². The lowest BCUT2D eigenvalue weighted by molar-refractivity contribution is -0.154. The molecule has 2 aromatic rings. The van der Waals surface area contributed by atoms with Gasteiger partial charge >= 0.3 is 0 Å². The Morgan fingerprint density at radius 3 is 1.40 bits per heavy atom. The lowest BCUT2D eigenvalue weighted by Crippen LogP contribution is -2.22. The molecule has 0 spiro atoms. The van der Waals surface area contributed by atoms with Gasteiger partial charge in [-0.2, -0.15) is 0 Å². The predicted octanol–water partition coefficient (Wildman–Crippen LogP) is 1.99. The van der Waals surface area contributed by atoms with Crippen LogP contribution >= 0.6 is 15.3 Å². The smallest absolute Gasteiger partial charge is 0.0311 e. The highest BCUT2D eigenvalue weighted by Crippen LogP contribution is 2.39. The van der Waals surface area contributed by atoms with Gasteiger partial charge in [-0.05, 0) is 10.6 Å². The molecule has 0 atom stereocenters.